The van der Waals surface area contributed by atoms with Gasteiger partial charge in [-0.2, -0.15) is 10.0 Å². The van der Waals surface area contributed by atoms with Gasteiger partial charge in [-0.05, 0) is 212 Å². The molecule has 9 N–H and O–H groups in total. The van der Waals surface area contributed by atoms with Gasteiger partial charge < -0.3 is 60.7 Å². The second-order valence-corrected chi connectivity index (χ2v) is 37.7. The van der Waals surface area contributed by atoms with E-state index in [4.69, 9.17) is 39.9 Å². The minimum Gasteiger partial charge on any atom is -0.481 e. The average molecular weight is 1430 g/mol. The van der Waals surface area contributed by atoms with Gasteiger partial charge in [-0.25, -0.2) is 0 Å². The maximum atomic E-state index is 13.5. The molecular formula is C80H136N12O10. The number of nitrogens with two attached hydrogens (primary N) is 2. The monoisotopic (exact) mass is 1430 g/mol. The Labute approximate surface area is 611 Å². The van der Waals surface area contributed by atoms with Gasteiger partial charge in [0.05, 0.1) is 63.7 Å². The van der Waals surface area contributed by atoms with Gasteiger partial charge in [0.1, 0.15) is 6.04 Å². The molecule has 8 aliphatic carbocycles. The number of aromatic nitrogens is 8. The van der Waals surface area contributed by atoms with Crippen LogP contribution >= 0.6 is 0 Å². The second-order valence-electron chi connectivity index (χ2n) is 37.7. The van der Waals surface area contributed by atoms with Gasteiger partial charge in [0.15, 0.2) is 0 Å². The summed E-state index contributed by atoms with van der Waals surface area (Å²) >= 11 is 0. The van der Waals surface area contributed by atoms with Gasteiger partial charge in [0, 0.05) is 59.2 Å². The number of hydrogen-bond donors (Lipinski definition) is 7. The molecule has 576 valence electrons. The molecule has 102 heavy (non-hydrogen) atoms. The molecule has 12 aliphatic rings. The zero-order valence-corrected chi connectivity index (χ0v) is 65.0. The minimum absolute atomic E-state index is 0. The van der Waals surface area contributed by atoms with Crippen molar-refractivity contribution in [1.29, 1.82) is 0 Å². The predicted octanol–water partition coefficient (Wildman–Crippen LogP) is 13.1. The Morgan fingerprint density at radius 3 is 1.42 bits per heavy atom. The summed E-state index contributed by atoms with van der Waals surface area (Å²) in [6.07, 6.45) is 20.9. The van der Waals surface area contributed by atoms with Crippen LogP contribution in [0.25, 0.3) is 0 Å². The Morgan fingerprint density at radius 1 is 0.598 bits per heavy atom. The fourth-order valence-corrected chi connectivity index (χ4v) is 26.5. The van der Waals surface area contributed by atoms with Crippen molar-refractivity contribution >= 4 is 23.8 Å². The molecule has 0 spiro atoms. The smallest absolute Gasteiger partial charge is 0.307 e. The van der Waals surface area contributed by atoms with E-state index in [1.165, 1.54) is 12.0 Å². The molecule has 2 aromatic rings. The molecule has 10 fully saturated rings. The van der Waals surface area contributed by atoms with E-state index < -0.39 is 17.9 Å². The van der Waals surface area contributed by atoms with E-state index in [-0.39, 0.29) is 115 Å². The number of aliphatic carboxylic acids is 2. The van der Waals surface area contributed by atoms with Crippen molar-refractivity contribution in [3.8, 4) is 0 Å². The lowest BCUT2D eigenvalue weighted by Gasteiger charge is -2.71. The first-order valence-electron chi connectivity index (χ1n) is 39.6. The van der Waals surface area contributed by atoms with Gasteiger partial charge in [-0.3, -0.25) is 9.59 Å². The number of carboxylic acid groups (broad SMARTS) is 2. The SMILES string of the molecule is C.CCNC1(CO[C@H]2[C@H](C)C[C@@]34COC[C@]2(C)[C@@H]3CC[C@H]2C4=CC[C@@]3(C)[C@H](C(=O)O)[C@@](C)([C@H](C)C(C)C)CC[C@]23C)CCOCC1.CCNC1(CO[C@H]2[C@H](n3nnc(N)n3)C[C@@]34COC[C@]2(C)[C@@H]3CC[C@H]2C4=CC[C@@]3(C)[C@H](C(=O)O)[C@@](C)([C@H](C)C(C)C)CC[C@]23C)CCOCC1.Nc1nn[nH]n1. The summed E-state index contributed by atoms with van der Waals surface area (Å²) in [7, 11) is 0. The normalized spacial score (nSPS) is 43.5. The summed E-state index contributed by atoms with van der Waals surface area (Å²) in [5.74, 6) is 1.95. The van der Waals surface area contributed by atoms with Gasteiger partial charge in [0.25, 0.3) is 11.9 Å². The van der Waals surface area contributed by atoms with Crippen molar-refractivity contribution in [3.05, 3.63) is 23.3 Å². The maximum Gasteiger partial charge on any atom is 0.307 e. The molecule has 22 nitrogen and oxygen atoms in total. The fourth-order valence-electron chi connectivity index (χ4n) is 26.5. The lowest BCUT2D eigenvalue weighted by atomic mass is 9.34. The molecular weight excluding hydrogens is 1290 g/mol. The first kappa shape index (κ1) is 78.9. The van der Waals surface area contributed by atoms with Crippen molar-refractivity contribution < 1.29 is 48.2 Å². The Balaban J connectivity index is 0.000000188. The highest BCUT2D eigenvalue weighted by Gasteiger charge is 2.74. The molecule has 2 aromatic heterocycles. The third-order valence-corrected chi connectivity index (χ3v) is 32.6. The number of nitrogen functional groups attached to an aromatic ring is 2. The molecule has 22 atom stereocenters. The van der Waals surface area contributed by atoms with Crippen LogP contribution in [0.5, 0.6) is 0 Å². The topological polar surface area (TPSA) is 304 Å². The number of aromatic amines is 1. The van der Waals surface area contributed by atoms with E-state index in [9.17, 15) is 19.8 Å². The highest BCUT2D eigenvalue weighted by molar-refractivity contribution is 5.74. The van der Waals surface area contributed by atoms with Crippen molar-refractivity contribution in [2.75, 3.05) is 90.6 Å². The largest absolute Gasteiger partial charge is 0.481 e. The van der Waals surface area contributed by atoms with E-state index in [1.807, 2.05) is 0 Å². The third kappa shape index (κ3) is 12.4. The van der Waals surface area contributed by atoms with E-state index in [1.54, 1.807) is 10.4 Å². The number of rotatable bonds is 17. The molecule has 0 aromatic carbocycles. The summed E-state index contributed by atoms with van der Waals surface area (Å²) in [4.78, 5) is 28.6. The van der Waals surface area contributed by atoms with Crippen molar-refractivity contribution in [2.24, 2.45) is 119 Å². The van der Waals surface area contributed by atoms with Crippen LogP contribution in [0, 0.1) is 119 Å². The molecule has 0 unspecified atom stereocenters. The zero-order valence-electron chi connectivity index (χ0n) is 65.0. The van der Waals surface area contributed by atoms with Crippen LogP contribution in [0.4, 0.5) is 11.9 Å². The summed E-state index contributed by atoms with van der Waals surface area (Å²) in [5, 5.41) is 54.9. The number of fused-ring (bicyclic) bond motifs is 6. The van der Waals surface area contributed by atoms with Crippen LogP contribution in [0.15, 0.2) is 23.3 Å². The molecule has 4 saturated heterocycles. The maximum absolute atomic E-state index is 13.5. The Kier molecular flexibility index (Phi) is 22.3. The number of hydrogen-bond acceptors (Lipinski definition) is 18. The molecule has 4 bridgehead atoms. The Hall–Kier alpha value is -4.16. The molecule has 0 radical (unpaired) electrons. The summed E-state index contributed by atoms with van der Waals surface area (Å²) in [5.41, 5.74) is 12.2. The molecule has 6 heterocycles. The van der Waals surface area contributed by atoms with E-state index >= 15 is 0 Å². The van der Waals surface area contributed by atoms with E-state index in [0.717, 1.165) is 156 Å². The van der Waals surface area contributed by atoms with Crippen LogP contribution in [-0.2, 0) is 38.0 Å². The standard InChI is InChI=1S/C39H64N6O5.C39H65NO5.CH3N5.CH4/c1-9-41-38(16-18-48-19-17-38)22-50-31-28(45-43-33(40)42-44-45)20-39-23-49-21-35(31,6)29(39)11-10-26-27(39)12-13-37(8)30(32(46)47)34(5,25(4)24(2)3)14-15-36(26,37)7;1-10-40-38(17-19-43-20-18-38)23-45-32-26(4)21-39-24-44-22-35(32,7)30(39)12-11-28-29(39)13-14-37(9)31(33(41)42)34(6,27(5)25(2)3)15-16-36(28,37)8;2-1-3-5-6-4-1;/h12,24-26,28-31,41H,9-11,13-23H2,1-8H3,(H2,40,43)(H,46,47);13,25-28,30-32,40H,10-12,14-24H2,1-9H3,(H,41,42);(H3,2,3,4,5,6);1H4/t25-,26+,28-,29+,30-,31+,34-,35-,36-,37+,39+;26-,27-,28+,30+,31-,32+,34-,35-,36-,37+,39+;;/m11../s1. The number of H-pyrrole nitrogens is 1. The molecule has 14 rings (SSSR count). The number of carboxylic acids is 2. The van der Waals surface area contributed by atoms with E-state index in [2.05, 4.69) is 177 Å². The van der Waals surface area contributed by atoms with Gasteiger partial charge in [-0.15, -0.1) is 10.2 Å². The minimum atomic E-state index is -0.627. The summed E-state index contributed by atoms with van der Waals surface area (Å²) < 4.78 is 39.2. The van der Waals surface area contributed by atoms with Gasteiger partial charge >= 0.3 is 11.9 Å². The quantitative estimate of drug-likeness (QED) is 0.0724. The van der Waals surface area contributed by atoms with Crippen LogP contribution in [0.2, 0.25) is 0 Å². The first-order valence-corrected chi connectivity index (χ1v) is 39.6. The number of carbonyl (C=O) groups is 2. The number of likely N-dealkylation sites (N-methyl/N-ethyl adjacent to an activating group) is 2. The van der Waals surface area contributed by atoms with Gasteiger partial charge in [0.2, 0.25) is 0 Å². The lowest BCUT2D eigenvalue weighted by molar-refractivity contribution is -0.255. The lowest BCUT2D eigenvalue weighted by Crippen LogP contribution is -2.69. The van der Waals surface area contributed by atoms with Crippen molar-refractivity contribution in [1.82, 2.24) is 51.5 Å². The number of anilines is 2. The predicted molar refractivity (Wildman–Crippen MR) is 395 cm³/mol. The number of nitrogens with one attached hydrogen (secondary N) is 3. The van der Waals surface area contributed by atoms with Crippen LogP contribution in [-0.4, -0.2) is 165 Å². The first-order chi connectivity index (χ1) is 47.6. The molecule has 6 saturated carbocycles. The number of tetrazole rings is 2. The summed E-state index contributed by atoms with van der Waals surface area (Å²) in [6, 6.07) is -0.169. The number of nitrogens with zero attached hydrogens (tertiary/aromatic N) is 7. The molecule has 4 aliphatic heterocycles. The molecule has 0 amide bonds. The second kappa shape index (κ2) is 28.8. The van der Waals surface area contributed by atoms with Crippen LogP contribution in [0.3, 0.4) is 0 Å². The highest BCUT2D eigenvalue weighted by Crippen LogP contribution is 2.78. The van der Waals surface area contributed by atoms with Crippen molar-refractivity contribution in [2.45, 2.75) is 257 Å². The fraction of sp³-hybridized carbons (Fsp3) is 0.900. The molecule has 22 heteroatoms. The van der Waals surface area contributed by atoms with Crippen LogP contribution < -0.4 is 22.1 Å². The average Bonchev–Trinajstić information content (AvgIpc) is 0.840. The van der Waals surface area contributed by atoms with Crippen LogP contribution in [0.1, 0.15) is 234 Å². The highest BCUT2D eigenvalue weighted by atomic mass is 16.5. The van der Waals surface area contributed by atoms with Crippen molar-refractivity contribution in [3.63, 3.8) is 0 Å². The number of allylic oxidation sites excluding steroid dienone is 2. The number of ether oxygens (including phenoxy) is 6. The Morgan fingerprint density at radius 2 is 1.04 bits per heavy atom. The third-order valence-electron chi connectivity index (χ3n) is 32.6. The summed E-state index contributed by atoms with van der Waals surface area (Å²) in [6.45, 7) is 48.5. The van der Waals surface area contributed by atoms with Gasteiger partial charge in [-0.1, -0.05) is 159 Å². The van der Waals surface area contributed by atoms with E-state index in [0.29, 0.717) is 67.2 Å². The Bertz CT molecular complexity index is 3310. The zero-order chi connectivity index (χ0) is 72.9.